The molecule has 5 aromatic rings. The molecule has 1 aliphatic heterocycles. The molecule has 0 spiro atoms. The number of carbonyl (C=O) groups excluding carboxylic acids is 1. The molecular formula is C38H41Cl2N5O5. The lowest BCUT2D eigenvalue weighted by atomic mass is 9.98. The Labute approximate surface area is 301 Å². The molecule has 3 heterocycles. The van der Waals surface area contributed by atoms with Crippen LogP contribution in [-0.2, 0) is 17.7 Å². The van der Waals surface area contributed by atoms with Crippen molar-refractivity contribution >= 4 is 51.7 Å². The molecule has 50 heavy (non-hydrogen) atoms. The van der Waals surface area contributed by atoms with E-state index < -0.39 is 5.97 Å². The van der Waals surface area contributed by atoms with Gasteiger partial charge in [0, 0.05) is 52.6 Å². The van der Waals surface area contributed by atoms with Gasteiger partial charge in [-0.25, -0.2) is 4.79 Å². The van der Waals surface area contributed by atoms with Crippen LogP contribution in [0.15, 0.2) is 48.5 Å². The monoisotopic (exact) mass is 717 g/mol. The minimum Gasteiger partial charge on any atom is -0.494 e. The van der Waals surface area contributed by atoms with Crippen LogP contribution in [-0.4, -0.2) is 76.1 Å². The molecule has 0 unspecified atom stereocenters. The topological polar surface area (TPSA) is 122 Å². The summed E-state index contributed by atoms with van der Waals surface area (Å²) in [5.41, 5.74) is 8.08. The van der Waals surface area contributed by atoms with Crippen LogP contribution in [0.25, 0.3) is 22.0 Å². The van der Waals surface area contributed by atoms with Crippen molar-refractivity contribution in [2.24, 2.45) is 0 Å². The Morgan fingerprint density at radius 2 is 1.68 bits per heavy atom. The van der Waals surface area contributed by atoms with E-state index in [2.05, 4.69) is 22.1 Å². The SMILES string of the molecule is Cc1cc(OCCCc2c(C(=O)Nc3ccc(C(=O)O)cc3)[nH]c3c(-c4c(C)nn(CCN5CCOCC5)c4C)c(Cl)ccc23)cc(C)c1Cl. The highest BCUT2D eigenvalue weighted by molar-refractivity contribution is 6.35. The van der Waals surface area contributed by atoms with Crippen LogP contribution < -0.4 is 10.1 Å². The predicted octanol–water partition coefficient (Wildman–Crippen LogP) is 7.87. The summed E-state index contributed by atoms with van der Waals surface area (Å²) in [6, 6.07) is 13.8. The average Bonchev–Trinajstić information content (AvgIpc) is 3.61. The Hall–Kier alpha value is -4.35. The highest BCUT2D eigenvalue weighted by Gasteiger charge is 2.25. The van der Waals surface area contributed by atoms with Gasteiger partial charge in [0.25, 0.3) is 5.91 Å². The third kappa shape index (κ3) is 7.54. The number of hydrogen-bond acceptors (Lipinski definition) is 6. The van der Waals surface area contributed by atoms with Crippen LogP contribution >= 0.6 is 23.2 Å². The van der Waals surface area contributed by atoms with Crippen LogP contribution in [0.4, 0.5) is 5.69 Å². The molecule has 0 atom stereocenters. The van der Waals surface area contributed by atoms with Gasteiger partial charge in [0.05, 0.1) is 48.2 Å². The molecule has 1 fully saturated rings. The number of ether oxygens (including phenoxy) is 2. The Balaban J connectivity index is 1.33. The fourth-order valence-electron chi connectivity index (χ4n) is 6.65. The molecule has 0 bridgehead atoms. The van der Waals surface area contributed by atoms with Crippen LogP contribution in [0.5, 0.6) is 5.75 Å². The summed E-state index contributed by atoms with van der Waals surface area (Å²) < 4.78 is 13.7. The van der Waals surface area contributed by atoms with Gasteiger partial charge in [-0.2, -0.15) is 5.10 Å². The number of carboxylic acid groups (broad SMARTS) is 1. The van der Waals surface area contributed by atoms with E-state index in [-0.39, 0.29) is 11.5 Å². The highest BCUT2D eigenvalue weighted by Crippen LogP contribution is 2.40. The quantitative estimate of drug-likeness (QED) is 0.112. The Bertz CT molecular complexity index is 2020. The smallest absolute Gasteiger partial charge is 0.335 e. The summed E-state index contributed by atoms with van der Waals surface area (Å²) in [6.07, 6.45) is 1.18. The summed E-state index contributed by atoms with van der Waals surface area (Å²) >= 11 is 13.3. The van der Waals surface area contributed by atoms with E-state index in [1.807, 2.05) is 49.7 Å². The number of nitrogens with one attached hydrogen (secondary N) is 2. The van der Waals surface area contributed by atoms with Crippen molar-refractivity contribution in [3.05, 3.63) is 97.9 Å². The van der Waals surface area contributed by atoms with Gasteiger partial charge in [-0.1, -0.05) is 29.3 Å². The number of hydrogen-bond donors (Lipinski definition) is 3. The summed E-state index contributed by atoms with van der Waals surface area (Å²) in [7, 11) is 0. The number of morpholine rings is 1. The highest BCUT2D eigenvalue weighted by atomic mass is 35.5. The number of carboxylic acids is 1. The van der Waals surface area contributed by atoms with Gasteiger partial charge in [0.2, 0.25) is 0 Å². The third-order valence-electron chi connectivity index (χ3n) is 9.26. The Morgan fingerprint density at radius 1 is 0.980 bits per heavy atom. The summed E-state index contributed by atoms with van der Waals surface area (Å²) in [5, 5.41) is 19.3. The van der Waals surface area contributed by atoms with Gasteiger partial charge >= 0.3 is 5.97 Å². The normalized spacial score (nSPS) is 13.6. The Morgan fingerprint density at radius 3 is 2.36 bits per heavy atom. The average molecular weight is 719 g/mol. The van der Waals surface area contributed by atoms with E-state index in [1.165, 1.54) is 12.1 Å². The number of nitrogens with zero attached hydrogens (tertiary/aromatic N) is 3. The van der Waals surface area contributed by atoms with Gasteiger partial charge in [0.15, 0.2) is 0 Å². The summed E-state index contributed by atoms with van der Waals surface area (Å²) in [6.45, 7) is 13.3. The maximum Gasteiger partial charge on any atom is 0.335 e. The van der Waals surface area contributed by atoms with Crippen molar-refractivity contribution in [3.8, 4) is 16.9 Å². The van der Waals surface area contributed by atoms with E-state index >= 15 is 0 Å². The number of halogens is 2. The lowest BCUT2D eigenvalue weighted by Gasteiger charge is -2.26. The molecule has 0 aliphatic carbocycles. The molecule has 3 aromatic carbocycles. The lowest BCUT2D eigenvalue weighted by molar-refractivity contribution is 0.0359. The zero-order valence-electron chi connectivity index (χ0n) is 28.7. The van der Waals surface area contributed by atoms with Crippen molar-refractivity contribution in [2.45, 2.75) is 47.1 Å². The molecule has 3 N–H and O–H groups in total. The molecule has 1 amide bonds. The largest absolute Gasteiger partial charge is 0.494 e. The first-order valence-corrected chi connectivity index (χ1v) is 17.5. The number of H-pyrrole nitrogens is 1. The molecule has 1 saturated heterocycles. The summed E-state index contributed by atoms with van der Waals surface area (Å²) in [5.74, 6) is -0.635. The number of amides is 1. The molecule has 1 aliphatic rings. The maximum absolute atomic E-state index is 13.9. The van der Waals surface area contributed by atoms with E-state index in [4.69, 9.17) is 37.8 Å². The summed E-state index contributed by atoms with van der Waals surface area (Å²) in [4.78, 5) is 31.1. The first-order valence-electron chi connectivity index (χ1n) is 16.7. The fraction of sp³-hybridized carbons (Fsp3) is 0.342. The maximum atomic E-state index is 13.9. The number of rotatable bonds is 12. The first-order chi connectivity index (χ1) is 24.0. The standard InChI is InChI=1S/C38H41Cl2N5O5/c1-22-20-28(21-23(2)34(22)40)50-17-5-6-29-30-11-12-31(39)33(32-24(3)43-45(25(32)4)14-13-44-15-18-49-19-16-44)35(30)42-36(29)37(46)41-27-9-7-26(8-10-27)38(47)48/h7-12,20-21,42H,5-6,13-19H2,1-4H3,(H,41,46)(H,47,48). The second-order valence-corrected chi connectivity index (χ2v) is 13.5. The van der Waals surface area contributed by atoms with Crippen molar-refractivity contribution in [1.29, 1.82) is 0 Å². The van der Waals surface area contributed by atoms with E-state index in [1.54, 1.807) is 12.1 Å². The number of fused-ring (bicyclic) bond motifs is 1. The lowest BCUT2D eigenvalue weighted by Crippen LogP contribution is -2.38. The van der Waals surface area contributed by atoms with Crippen molar-refractivity contribution in [3.63, 3.8) is 0 Å². The van der Waals surface area contributed by atoms with Crippen molar-refractivity contribution in [1.82, 2.24) is 19.7 Å². The number of aromatic nitrogens is 3. The molecule has 0 saturated carbocycles. The first kappa shape index (κ1) is 35.5. The minimum absolute atomic E-state index is 0.135. The molecule has 12 heteroatoms. The third-order valence-corrected chi connectivity index (χ3v) is 10.2. The number of aryl methyl sites for hydroxylation is 4. The number of anilines is 1. The van der Waals surface area contributed by atoms with Crippen molar-refractivity contribution in [2.75, 3.05) is 44.8 Å². The van der Waals surface area contributed by atoms with E-state index in [9.17, 15) is 14.7 Å². The van der Waals surface area contributed by atoms with Crippen molar-refractivity contribution < 1.29 is 24.2 Å². The molecule has 10 nitrogen and oxygen atoms in total. The molecule has 2 aromatic heterocycles. The van der Waals surface area contributed by atoms with Crippen LogP contribution in [0.1, 0.15) is 55.3 Å². The Kier molecular flexibility index (Phi) is 10.8. The number of benzene rings is 3. The van der Waals surface area contributed by atoms with Crippen LogP contribution in [0.3, 0.4) is 0 Å². The van der Waals surface area contributed by atoms with Gasteiger partial charge in [-0.15, -0.1) is 0 Å². The van der Waals surface area contributed by atoms with Gasteiger partial charge in [0.1, 0.15) is 11.4 Å². The van der Waals surface area contributed by atoms with E-state index in [0.717, 1.165) is 100 Å². The zero-order chi connectivity index (χ0) is 35.5. The molecule has 0 radical (unpaired) electrons. The van der Waals surface area contributed by atoms with Crippen LogP contribution in [0, 0.1) is 27.7 Å². The van der Waals surface area contributed by atoms with E-state index in [0.29, 0.717) is 35.9 Å². The van der Waals surface area contributed by atoms with Gasteiger partial charge in [-0.3, -0.25) is 14.4 Å². The second-order valence-electron chi connectivity index (χ2n) is 12.7. The van der Waals surface area contributed by atoms with Crippen LogP contribution in [0.2, 0.25) is 10.0 Å². The fourth-order valence-corrected chi connectivity index (χ4v) is 7.01. The molecular weight excluding hydrogens is 677 g/mol. The number of carbonyl (C=O) groups is 2. The van der Waals surface area contributed by atoms with Gasteiger partial charge in [-0.05, 0) is 99.7 Å². The number of aromatic carboxylic acids is 1. The molecule has 6 rings (SSSR count). The molecule has 262 valence electrons. The predicted molar refractivity (Wildman–Crippen MR) is 197 cm³/mol. The minimum atomic E-state index is -1.04. The zero-order valence-corrected chi connectivity index (χ0v) is 30.2. The second kappa shape index (κ2) is 15.3. The number of aromatic amines is 1. The van der Waals surface area contributed by atoms with Gasteiger partial charge < -0.3 is 24.9 Å².